The van der Waals surface area contributed by atoms with Gasteiger partial charge in [0.25, 0.3) is 0 Å². The molecular formula is C14H24N6O. The Labute approximate surface area is 125 Å². The van der Waals surface area contributed by atoms with E-state index in [2.05, 4.69) is 37.4 Å². The average molecular weight is 292 g/mol. The predicted octanol–water partition coefficient (Wildman–Crippen LogP) is 1.49. The molecule has 7 heteroatoms. The fourth-order valence-corrected chi connectivity index (χ4v) is 2.39. The second-order valence-corrected chi connectivity index (χ2v) is 5.58. The van der Waals surface area contributed by atoms with E-state index in [-0.39, 0.29) is 0 Å². The lowest BCUT2D eigenvalue weighted by molar-refractivity contribution is 0.122. The maximum Gasteiger partial charge on any atom is 0.232 e. The lowest BCUT2D eigenvalue weighted by Gasteiger charge is -2.29. The van der Waals surface area contributed by atoms with Gasteiger partial charge in [-0.25, -0.2) is 0 Å². The van der Waals surface area contributed by atoms with Crippen LogP contribution in [0.1, 0.15) is 32.6 Å². The summed E-state index contributed by atoms with van der Waals surface area (Å²) in [6.07, 6.45) is 4.75. The van der Waals surface area contributed by atoms with Crippen LogP contribution in [0, 0.1) is 0 Å². The van der Waals surface area contributed by atoms with Gasteiger partial charge < -0.3 is 20.3 Å². The fourth-order valence-electron chi connectivity index (χ4n) is 2.39. The second-order valence-electron chi connectivity index (χ2n) is 5.58. The molecule has 2 N–H and O–H groups in total. The van der Waals surface area contributed by atoms with Crippen LogP contribution in [0.15, 0.2) is 0 Å². The van der Waals surface area contributed by atoms with E-state index in [9.17, 15) is 0 Å². The lowest BCUT2D eigenvalue weighted by Crippen LogP contribution is -2.38. The van der Waals surface area contributed by atoms with Crippen molar-refractivity contribution in [3.05, 3.63) is 0 Å². The summed E-state index contributed by atoms with van der Waals surface area (Å²) in [6, 6.07) is 0.518. The Kier molecular flexibility index (Phi) is 4.69. The first-order valence-electron chi connectivity index (χ1n) is 7.94. The van der Waals surface area contributed by atoms with Gasteiger partial charge in [0, 0.05) is 25.7 Å². The third-order valence-electron chi connectivity index (χ3n) is 3.89. The van der Waals surface area contributed by atoms with E-state index < -0.39 is 0 Å². The van der Waals surface area contributed by atoms with Gasteiger partial charge in [-0.3, -0.25) is 0 Å². The summed E-state index contributed by atoms with van der Waals surface area (Å²) in [5.41, 5.74) is 0. The quantitative estimate of drug-likeness (QED) is 0.822. The highest BCUT2D eigenvalue weighted by Crippen LogP contribution is 2.23. The minimum Gasteiger partial charge on any atom is -0.378 e. The zero-order chi connectivity index (χ0) is 14.5. The number of aromatic nitrogens is 3. The van der Waals surface area contributed by atoms with Crippen molar-refractivity contribution < 1.29 is 4.74 Å². The Morgan fingerprint density at radius 1 is 1.14 bits per heavy atom. The van der Waals surface area contributed by atoms with Gasteiger partial charge >= 0.3 is 0 Å². The Balaban J connectivity index is 1.76. The molecule has 3 rings (SSSR count). The summed E-state index contributed by atoms with van der Waals surface area (Å²) in [5.74, 6) is 2.10. The molecule has 7 nitrogen and oxygen atoms in total. The summed E-state index contributed by atoms with van der Waals surface area (Å²) >= 11 is 0. The molecule has 0 amide bonds. The molecule has 1 saturated carbocycles. The first kappa shape index (κ1) is 14.3. The van der Waals surface area contributed by atoms with Crippen molar-refractivity contribution in [1.82, 2.24) is 15.0 Å². The van der Waals surface area contributed by atoms with E-state index >= 15 is 0 Å². The van der Waals surface area contributed by atoms with Crippen LogP contribution in [0.2, 0.25) is 0 Å². The van der Waals surface area contributed by atoms with Crippen molar-refractivity contribution in [2.24, 2.45) is 0 Å². The molecule has 0 atom stereocenters. The minimum absolute atomic E-state index is 0.518. The molecule has 2 fully saturated rings. The first-order valence-corrected chi connectivity index (χ1v) is 7.94. The van der Waals surface area contributed by atoms with Crippen molar-refractivity contribution in [3.8, 4) is 0 Å². The molecule has 0 aromatic carbocycles. The maximum absolute atomic E-state index is 5.39. The van der Waals surface area contributed by atoms with E-state index in [1.54, 1.807) is 0 Å². The molecule has 2 heterocycles. The van der Waals surface area contributed by atoms with Gasteiger partial charge in [-0.05, 0) is 25.7 Å². The fraction of sp³-hybridized carbons (Fsp3) is 0.786. The average Bonchev–Trinajstić information content (AvgIpc) is 2.50. The van der Waals surface area contributed by atoms with E-state index in [0.717, 1.165) is 45.2 Å². The molecule has 0 unspecified atom stereocenters. The van der Waals surface area contributed by atoms with Crippen molar-refractivity contribution in [1.29, 1.82) is 0 Å². The van der Waals surface area contributed by atoms with Gasteiger partial charge in [0.1, 0.15) is 0 Å². The third-order valence-corrected chi connectivity index (χ3v) is 3.89. The standard InChI is InChI=1S/C14H24N6O/c1-2-6-15-12-17-13(16-11-4-3-5-11)19-14(18-12)20-7-9-21-10-8-20/h11H,2-10H2,1H3,(H2,15,16,17,18,19). The Morgan fingerprint density at radius 2 is 1.90 bits per heavy atom. The summed E-state index contributed by atoms with van der Waals surface area (Å²) in [5, 5.41) is 6.68. The molecular weight excluding hydrogens is 268 g/mol. The normalized spacial score (nSPS) is 19.2. The van der Waals surface area contributed by atoms with Crippen molar-refractivity contribution in [2.45, 2.75) is 38.6 Å². The largest absolute Gasteiger partial charge is 0.378 e. The Hall–Kier alpha value is -1.63. The molecule has 1 saturated heterocycles. The number of ether oxygens (including phenoxy) is 1. The molecule has 1 aliphatic carbocycles. The van der Waals surface area contributed by atoms with Gasteiger partial charge in [-0.2, -0.15) is 15.0 Å². The third kappa shape index (κ3) is 3.72. The molecule has 0 radical (unpaired) electrons. The van der Waals surface area contributed by atoms with Crippen LogP contribution < -0.4 is 15.5 Å². The Morgan fingerprint density at radius 3 is 2.57 bits per heavy atom. The monoisotopic (exact) mass is 292 g/mol. The predicted molar refractivity (Wildman–Crippen MR) is 82.9 cm³/mol. The number of nitrogens with one attached hydrogen (secondary N) is 2. The zero-order valence-corrected chi connectivity index (χ0v) is 12.6. The summed E-state index contributed by atoms with van der Waals surface area (Å²) < 4.78 is 5.39. The van der Waals surface area contributed by atoms with E-state index in [1.165, 1.54) is 19.3 Å². The van der Waals surface area contributed by atoms with Gasteiger partial charge in [-0.15, -0.1) is 0 Å². The molecule has 0 bridgehead atoms. The van der Waals surface area contributed by atoms with Crippen molar-refractivity contribution in [3.63, 3.8) is 0 Å². The highest BCUT2D eigenvalue weighted by molar-refractivity contribution is 5.44. The van der Waals surface area contributed by atoms with Crippen LogP contribution in [0.5, 0.6) is 0 Å². The number of hydrogen-bond acceptors (Lipinski definition) is 7. The number of anilines is 3. The summed E-state index contributed by atoms with van der Waals surface area (Å²) in [4.78, 5) is 15.8. The van der Waals surface area contributed by atoms with Crippen LogP contribution in [-0.2, 0) is 4.74 Å². The number of hydrogen-bond donors (Lipinski definition) is 2. The van der Waals surface area contributed by atoms with Crippen LogP contribution in [-0.4, -0.2) is 53.8 Å². The van der Waals surface area contributed by atoms with Crippen molar-refractivity contribution >= 4 is 17.8 Å². The SMILES string of the molecule is CCCNc1nc(NC2CCC2)nc(N2CCOCC2)n1. The van der Waals surface area contributed by atoms with Crippen LogP contribution in [0.4, 0.5) is 17.8 Å². The lowest BCUT2D eigenvalue weighted by atomic mass is 9.93. The molecule has 0 spiro atoms. The first-order chi connectivity index (χ1) is 10.3. The topological polar surface area (TPSA) is 75.2 Å². The number of nitrogens with zero attached hydrogens (tertiary/aromatic N) is 4. The van der Waals surface area contributed by atoms with E-state index in [1.807, 2.05) is 0 Å². The molecule has 2 aliphatic rings. The highest BCUT2D eigenvalue weighted by Gasteiger charge is 2.21. The molecule has 1 aromatic heterocycles. The van der Waals surface area contributed by atoms with Crippen LogP contribution >= 0.6 is 0 Å². The summed E-state index contributed by atoms with van der Waals surface area (Å²) in [6.45, 7) is 6.13. The maximum atomic E-state index is 5.39. The molecule has 1 aliphatic heterocycles. The van der Waals surface area contributed by atoms with Crippen molar-refractivity contribution in [2.75, 3.05) is 48.4 Å². The van der Waals surface area contributed by atoms with Crippen LogP contribution in [0.25, 0.3) is 0 Å². The Bertz CT molecular complexity index is 459. The minimum atomic E-state index is 0.518. The molecule has 1 aromatic rings. The van der Waals surface area contributed by atoms with Crippen LogP contribution in [0.3, 0.4) is 0 Å². The smallest absolute Gasteiger partial charge is 0.232 e. The second kappa shape index (κ2) is 6.89. The highest BCUT2D eigenvalue weighted by atomic mass is 16.5. The zero-order valence-electron chi connectivity index (χ0n) is 12.6. The van der Waals surface area contributed by atoms with E-state index in [4.69, 9.17) is 4.74 Å². The van der Waals surface area contributed by atoms with Gasteiger partial charge in [0.15, 0.2) is 0 Å². The molecule has 21 heavy (non-hydrogen) atoms. The number of morpholine rings is 1. The van der Waals surface area contributed by atoms with E-state index in [0.29, 0.717) is 17.9 Å². The number of rotatable bonds is 6. The summed E-state index contributed by atoms with van der Waals surface area (Å²) in [7, 11) is 0. The van der Waals surface area contributed by atoms with Gasteiger partial charge in [0.05, 0.1) is 13.2 Å². The molecule has 116 valence electrons. The van der Waals surface area contributed by atoms with Gasteiger partial charge in [0.2, 0.25) is 17.8 Å². The van der Waals surface area contributed by atoms with Gasteiger partial charge in [-0.1, -0.05) is 6.92 Å².